The number of aliphatic hydroxyl groups is 1. The molecule has 0 bridgehead atoms. The van der Waals surface area contributed by atoms with Gasteiger partial charge in [0.05, 0.1) is 6.10 Å². The third kappa shape index (κ3) is 4.73. The van der Waals surface area contributed by atoms with Crippen molar-refractivity contribution in [3.63, 3.8) is 0 Å². The molecule has 4 heteroatoms. The van der Waals surface area contributed by atoms with Crippen LogP contribution in [0.25, 0.3) is 0 Å². The normalized spacial score (nSPS) is 12.8. The molecule has 2 nitrogen and oxygen atoms in total. The van der Waals surface area contributed by atoms with Gasteiger partial charge in [0.25, 0.3) is 0 Å². The Hall–Kier alpha value is -0.450. The maximum Gasteiger partial charge on any atom is 0.127 e. The predicted molar refractivity (Wildman–Crippen MR) is 62.1 cm³/mol. The molecule has 1 aromatic rings. The van der Waals surface area contributed by atoms with E-state index in [1.54, 1.807) is 19.1 Å². The van der Waals surface area contributed by atoms with E-state index < -0.39 is 0 Å². The standard InChI is InChI=1S/C11H15BrFNO/c1-8(15)4-5-14-7-9-6-10(12)2-3-11(9)13/h2-3,6,8,14-15H,4-5,7H2,1H3/t8-/m0/s1. The summed E-state index contributed by atoms with van der Waals surface area (Å²) in [5.74, 6) is -0.206. The SMILES string of the molecule is C[C@H](O)CCNCc1cc(Br)ccc1F. The van der Waals surface area contributed by atoms with Gasteiger partial charge in [-0.2, -0.15) is 0 Å². The minimum absolute atomic E-state index is 0.206. The van der Waals surface area contributed by atoms with Crippen LogP contribution in [0.1, 0.15) is 18.9 Å². The first-order chi connectivity index (χ1) is 7.09. The van der Waals surface area contributed by atoms with E-state index in [9.17, 15) is 4.39 Å². The topological polar surface area (TPSA) is 32.3 Å². The molecule has 0 heterocycles. The van der Waals surface area contributed by atoms with Gasteiger partial charge in [-0.25, -0.2) is 4.39 Å². The van der Waals surface area contributed by atoms with E-state index >= 15 is 0 Å². The zero-order valence-electron chi connectivity index (χ0n) is 8.63. The Morgan fingerprint density at radius 3 is 2.93 bits per heavy atom. The fourth-order valence-electron chi connectivity index (χ4n) is 1.21. The molecule has 15 heavy (non-hydrogen) atoms. The van der Waals surface area contributed by atoms with Crippen molar-refractivity contribution in [2.75, 3.05) is 6.54 Å². The summed E-state index contributed by atoms with van der Waals surface area (Å²) >= 11 is 3.29. The molecule has 0 saturated carbocycles. The molecule has 0 saturated heterocycles. The highest BCUT2D eigenvalue weighted by Crippen LogP contribution is 2.15. The van der Waals surface area contributed by atoms with Crippen molar-refractivity contribution in [2.24, 2.45) is 0 Å². The van der Waals surface area contributed by atoms with Crippen molar-refractivity contribution >= 4 is 15.9 Å². The monoisotopic (exact) mass is 275 g/mol. The smallest absolute Gasteiger partial charge is 0.127 e. The lowest BCUT2D eigenvalue weighted by atomic mass is 10.2. The van der Waals surface area contributed by atoms with Crippen LogP contribution >= 0.6 is 15.9 Å². The number of halogens is 2. The van der Waals surface area contributed by atoms with Crippen LogP contribution in [0.15, 0.2) is 22.7 Å². The Bertz CT molecular complexity index is 317. The average molecular weight is 276 g/mol. The van der Waals surface area contributed by atoms with Gasteiger partial charge in [0.15, 0.2) is 0 Å². The van der Waals surface area contributed by atoms with E-state index in [1.165, 1.54) is 6.07 Å². The third-order valence-electron chi connectivity index (χ3n) is 2.06. The van der Waals surface area contributed by atoms with Gasteiger partial charge in [-0.1, -0.05) is 15.9 Å². The Balaban J connectivity index is 2.40. The second kappa shape index (κ2) is 6.20. The van der Waals surface area contributed by atoms with E-state index in [0.717, 1.165) is 4.47 Å². The Kier molecular flexibility index (Phi) is 5.22. The zero-order chi connectivity index (χ0) is 11.3. The fraction of sp³-hybridized carbons (Fsp3) is 0.455. The van der Waals surface area contributed by atoms with Crippen LogP contribution in [0, 0.1) is 5.82 Å². The highest BCUT2D eigenvalue weighted by molar-refractivity contribution is 9.10. The fourth-order valence-corrected chi connectivity index (χ4v) is 1.62. The van der Waals surface area contributed by atoms with Crippen molar-refractivity contribution in [1.29, 1.82) is 0 Å². The molecule has 84 valence electrons. The van der Waals surface area contributed by atoms with Gasteiger partial charge in [0.2, 0.25) is 0 Å². The van der Waals surface area contributed by atoms with Gasteiger partial charge < -0.3 is 10.4 Å². The largest absolute Gasteiger partial charge is 0.393 e. The lowest BCUT2D eigenvalue weighted by Gasteiger charge is -2.07. The maximum absolute atomic E-state index is 13.2. The van der Waals surface area contributed by atoms with Crippen LogP contribution in [0.2, 0.25) is 0 Å². The number of benzene rings is 1. The highest BCUT2D eigenvalue weighted by Gasteiger charge is 2.02. The lowest BCUT2D eigenvalue weighted by Crippen LogP contribution is -2.19. The number of hydrogen-bond acceptors (Lipinski definition) is 2. The maximum atomic E-state index is 13.2. The van der Waals surface area contributed by atoms with Crippen LogP contribution in [-0.2, 0) is 6.54 Å². The molecule has 0 unspecified atom stereocenters. The molecule has 1 rings (SSSR count). The van der Waals surface area contributed by atoms with Gasteiger partial charge in [-0.15, -0.1) is 0 Å². The molecule has 1 atom stereocenters. The molecule has 0 aliphatic heterocycles. The Labute approximate surface area is 97.6 Å². The molecule has 0 spiro atoms. The summed E-state index contributed by atoms with van der Waals surface area (Å²) in [5, 5.41) is 12.1. The number of rotatable bonds is 5. The summed E-state index contributed by atoms with van der Waals surface area (Å²) in [6.45, 7) is 2.91. The average Bonchev–Trinajstić information content (AvgIpc) is 2.17. The second-order valence-electron chi connectivity index (χ2n) is 3.55. The van der Waals surface area contributed by atoms with E-state index in [4.69, 9.17) is 5.11 Å². The molecule has 0 amide bonds. The van der Waals surface area contributed by atoms with Crippen LogP contribution in [0.3, 0.4) is 0 Å². The van der Waals surface area contributed by atoms with Crippen LogP contribution in [0.5, 0.6) is 0 Å². The predicted octanol–water partition coefficient (Wildman–Crippen LogP) is 2.45. The first-order valence-electron chi connectivity index (χ1n) is 4.92. The molecule has 0 radical (unpaired) electrons. The van der Waals surface area contributed by atoms with Crippen LogP contribution < -0.4 is 5.32 Å². The summed E-state index contributed by atoms with van der Waals surface area (Å²) < 4.78 is 14.1. The van der Waals surface area contributed by atoms with Gasteiger partial charge >= 0.3 is 0 Å². The Morgan fingerprint density at radius 1 is 1.53 bits per heavy atom. The molecule has 0 aromatic heterocycles. The van der Waals surface area contributed by atoms with Crippen molar-refractivity contribution in [1.82, 2.24) is 5.32 Å². The summed E-state index contributed by atoms with van der Waals surface area (Å²) in [7, 11) is 0. The van der Waals surface area contributed by atoms with E-state index in [-0.39, 0.29) is 11.9 Å². The molecular weight excluding hydrogens is 261 g/mol. The zero-order valence-corrected chi connectivity index (χ0v) is 10.2. The summed E-state index contributed by atoms with van der Waals surface area (Å²) in [6, 6.07) is 4.87. The molecule has 0 aliphatic rings. The number of hydrogen-bond donors (Lipinski definition) is 2. The van der Waals surface area contributed by atoms with Crippen molar-refractivity contribution < 1.29 is 9.50 Å². The second-order valence-corrected chi connectivity index (χ2v) is 4.47. The van der Waals surface area contributed by atoms with Crippen molar-refractivity contribution in [3.8, 4) is 0 Å². The number of nitrogens with one attached hydrogen (secondary N) is 1. The Morgan fingerprint density at radius 2 is 2.27 bits per heavy atom. The van der Waals surface area contributed by atoms with Gasteiger partial charge in [0, 0.05) is 16.6 Å². The first kappa shape index (κ1) is 12.6. The molecule has 0 aliphatic carbocycles. The molecule has 1 aromatic carbocycles. The number of aliphatic hydroxyl groups excluding tert-OH is 1. The van der Waals surface area contributed by atoms with Crippen molar-refractivity contribution in [3.05, 3.63) is 34.1 Å². The lowest BCUT2D eigenvalue weighted by molar-refractivity contribution is 0.183. The highest BCUT2D eigenvalue weighted by atomic mass is 79.9. The summed E-state index contributed by atoms with van der Waals surface area (Å²) in [5.41, 5.74) is 0.634. The molecule has 0 fully saturated rings. The van der Waals surface area contributed by atoms with Gasteiger partial charge in [0.1, 0.15) is 5.82 Å². The molecule has 2 N–H and O–H groups in total. The van der Waals surface area contributed by atoms with Gasteiger partial charge in [-0.05, 0) is 38.1 Å². The van der Waals surface area contributed by atoms with Crippen LogP contribution in [-0.4, -0.2) is 17.8 Å². The molecular formula is C11H15BrFNO. The van der Waals surface area contributed by atoms with Crippen molar-refractivity contribution in [2.45, 2.75) is 26.0 Å². The third-order valence-corrected chi connectivity index (χ3v) is 2.56. The minimum Gasteiger partial charge on any atom is -0.393 e. The minimum atomic E-state index is -0.315. The summed E-state index contributed by atoms with van der Waals surface area (Å²) in [6.07, 6.45) is 0.361. The quantitative estimate of drug-likeness (QED) is 0.810. The van der Waals surface area contributed by atoms with E-state index in [0.29, 0.717) is 25.1 Å². The van der Waals surface area contributed by atoms with Gasteiger partial charge in [-0.3, -0.25) is 0 Å². The first-order valence-corrected chi connectivity index (χ1v) is 5.71. The van der Waals surface area contributed by atoms with E-state index in [2.05, 4.69) is 21.2 Å². The summed E-state index contributed by atoms with van der Waals surface area (Å²) in [4.78, 5) is 0. The van der Waals surface area contributed by atoms with Crippen LogP contribution in [0.4, 0.5) is 4.39 Å². The van der Waals surface area contributed by atoms with E-state index in [1.807, 2.05) is 0 Å².